The SMILES string of the molecule is Fc1ccc(CCNC(=S)Nc2ncc[nH]2)c(F)c1F. The third-order valence-electron chi connectivity index (χ3n) is 2.53. The van der Waals surface area contributed by atoms with Crippen LogP contribution in [0.5, 0.6) is 0 Å². The summed E-state index contributed by atoms with van der Waals surface area (Å²) in [4.78, 5) is 6.71. The third-order valence-corrected chi connectivity index (χ3v) is 2.77. The first-order valence-electron chi connectivity index (χ1n) is 5.74. The minimum absolute atomic E-state index is 0.0807. The highest BCUT2D eigenvalue weighted by Crippen LogP contribution is 2.15. The summed E-state index contributed by atoms with van der Waals surface area (Å²) in [5.41, 5.74) is 0.0807. The monoisotopic (exact) mass is 300 g/mol. The molecule has 0 unspecified atom stereocenters. The minimum atomic E-state index is -1.46. The summed E-state index contributed by atoms with van der Waals surface area (Å²) in [6, 6.07) is 2.10. The van der Waals surface area contributed by atoms with Crippen molar-refractivity contribution in [3.8, 4) is 0 Å². The minimum Gasteiger partial charge on any atom is -0.362 e. The Morgan fingerprint density at radius 3 is 2.75 bits per heavy atom. The quantitative estimate of drug-likeness (QED) is 0.599. The number of benzene rings is 1. The number of thiocarbonyl (C=S) groups is 1. The van der Waals surface area contributed by atoms with Crippen LogP contribution in [0.25, 0.3) is 0 Å². The number of anilines is 1. The predicted molar refractivity (Wildman–Crippen MR) is 72.8 cm³/mol. The Bertz CT molecular complexity index is 601. The Morgan fingerprint density at radius 1 is 1.25 bits per heavy atom. The van der Waals surface area contributed by atoms with Gasteiger partial charge in [0.1, 0.15) is 0 Å². The van der Waals surface area contributed by atoms with Gasteiger partial charge in [-0.1, -0.05) is 6.07 Å². The molecule has 0 aliphatic rings. The van der Waals surface area contributed by atoms with E-state index < -0.39 is 17.5 Å². The number of nitrogens with zero attached hydrogens (tertiary/aromatic N) is 1. The fourth-order valence-electron chi connectivity index (χ4n) is 1.56. The van der Waals surface area contributed by atoms with Gasteiger partial charge in [0, 0.05) is 18.9 Å². The number of nitrogens with one attached hydrogen (secondary N) is 3. The van der Waals surface area contributed by atoms with Gasteiger partial charge < -0.3 is 15.6 Å². The molecule has 0 aliphatic carbocycles. The lowest BCUT2D eigenvalue weighted by Gasteiger charge is -2.09. The first-order chi connectivity index (χ1) is 9.58. The molecule has 0 amide bonds. The van der Waals surface area contributed by atoms with Gasteiger partial charge in [-0.05, 0) is 30.3 Å². The van der Waals surface area contributed by atoms with Crippen molar-refractivity contribution < 1.29 is 13.2 Å². The molecule has 1 heterocycles. The van der Waals surface area contributed by atoms with E-state index in [1.165, 1.54) is 6.07 Å². The fourth-order valence-corrected chi connectivity index (χ4v) is 1.75. The van der Waals surface area contributed by atoms with E-state index in [1.807, 2.05) is 0 Å². The maximum absolute atomic E-state index is 13.4. The van der Waals surface area contributed by atoms with Crippen LogP contribution in [0.1, 0.15) is 5.56 Å². The molecule has 20 heavy (non-hydrogen) atoms. The maximum atomic E-state index is 13.4. The number of H-pyrrole nitrogens is 1. The van der Waals surface area contributed by atoms with Gasteiger partial charge in [0.05, 0.1) is 0 Å². The van der Waals surface area contributed by atoms with Gasteiger partial charge in [-0.2, -0.15) is 0 Å². The lowest BCUT2D eigenvalue weighted by atomic mass is 10.1. The van der Waals surface area contributed by atoms with Crippen LogP contribution in [0.15, 0.2) is 24.5 Å². The molecular formula is C12H11F3N4S. The molecule has 106 valence electrons. The number of hydrogen-bond donors (Lipinski definition) is 3. The topological polar surface area (TPSA) is 52.7 Å². The summed E-state index contributed by atoms with van der Waals surface area (Å²) in [6.45, 7) is 0.272. The molecule has 0 bridgehead atoms. The summed E-state index contributed by atoms with van der Waals surface area (Å²) in [7, 11) is 0. The van der Waals surface area contributed by atoms with Crippen molar-refractivity contribution in [3.05, 3.63) is 47.5 Å². The number of halogens is 3. The zero-order chi connectivity index (χ0) is 14.5. The molecule has 8 heteroatoms. The van der Waals surface area contributed by atoms with Crippen molar-refractivity contribution in [2.45, 2.75) is 6.42 Å². The lowest BCUT2D eigenvalue weighted by Crippen LogP contribution is -2.30. The van der Waals surface area contributed by atoms with E-state index in [1.54, 1.807) is 12.4 Å². The number of aromatic amines is 1. The van der Waals surface area contributed by atoms with Gasteiger partial charge in [-0.3, -0.25) is 0 Å². The second kappa shape index (κ2) is 6.38. The third kappa shape index (κ3) is 3.47. The standard InChI is InChI=1S/C12H11F3N4S/c13-8-2-1-7(9(14)10(8)15)3-4-18-12(20)19-11-16-5-6-17-11/h1-2,5-6H,3-4H2,(H3,16,17,18,19,20). The molecule has 0 spiro atoms. The zero-order valence-corrected chi connectivity index (χ0v) is 11.0. The van der Waals surface area contributed by atoms with E-state index in [0.29, 0.717) is 11.1 Å². The summed E-state index contributed by atoms with van der Waals surface area (Å²) < 4.78 is 39.1. The van der Waals surface area contributed by atoms with Crippen LogP contribution < -0.4 is 10.6 Å². The average molecular weight is 300 g/mol. The van der Waals surface area contributed by atoms with Gasteiger partial charge in [-0.15, -0.1) is 0 Å². The van der Waals surface area contributed by atoms with Crippen LogP contribution in [-0.2, 0) is 6.42 Å². The van der Waals surface area contributed by atoms with Gasteiger partial charge in [0.15, 0.2) is 22.6 Å². The van der Waals surface area contributed by atoms with E-state index in [2.05, 4.69) is 20.6 Å². The molecule has 0 radical (unpaired) electrons. The Hall–Kier alpha value is -2.09. The van der Waals surface area contributed by atoms with Crippen molar-refractivity contribution in [1.82, 2.24) is 15.3 Å². The molecule has 4 nitrogen and oxygen atoms in total. The molecule has 0 fully saturated rings. The Labute approximate surface area is 118 Å². The highest BCUT2D eigenvalue weighted by Gasteiger charge is 2.12. The molecule has 2 rings (SSSR count). The molecule has 1 aromatic heterocycles. The second-order valence-corrected chi connectivity index (χ2v) is 4.31. The van der Waals surface area contributed by atoms with Crippen LogP contribution in [-0.4, -0.2) is 21.6 Å². The first kappa shape index (κ1) is 14.3. The van der Waals surface area contributed by atoms with Crippen molar-refractivity contribution in [3.63, 3.8) is 0 Å². The number of rotatable bonds is 4. The van der Waals surface area contributed by atoms with Crippen molar-refractivity contribution >= 4 is 23.3 Å². The van der Waals surface area contributed by atoms with Crippen LogP contribution in [0.2, 0.25) is 0 Å². The highest BCUT2D eigenvalue weighted by atomic mass is 32.1. The van der Waals surface area contributed by atoms with Crippen molar-refractivity contribution in [1.29, 1.82) is 0 Å². The number of imidazole rings is 1. The second-order valence-electron chi connectivity index (χ2n) is 3.90. The number of hydrogen-bond acceptors (Lipinski definition) is 2. The molecule has 2 aromatic rings. The molecular weight excluding hydrogens is 289 g/mol. The first-order valence-corrected chi connectivity index (χ1v) is 6.15. The Kier molecular flexibility index (Phi) is 4.57. The van der Waals surface area contributed by atoms with Gasteiger partial charge in [0.2, 0.25) is 5.95 Å². The smallest absolute Gasteiger partial charge is 0.206 e. The van der Waals surface area contributed by atoms with Crippen molar-refractivity contribution in [2.24, 2.45) is 0 Å². The largest absolute Gasteiger partial charge is 0.362 e. The molecule has 0 saturated heterocycles. The Morgan fingerprint density at radius 2 is 2.05 bits per heavy atom. The highest BCUT2D eigenvalue weighted by molar-refractivity contribution is 7.80. The fraction of sp³-hybridized carbons (Fsp3) is 0.167. The molecule has 0 saturated carbocycles. The summed E-state index contributed by atoms with van der Waals surface area (Å²) in [5.74, 6) is -3.36. The number of aromatic nitrogens is 2. The zero-order valence-electron chi connectivity index (χ0n) is 10.2. The normalized spacial score (nSPS) is 10.3. The van der Waals surface area contributed by atoms with E-state index in [4.69, 9.17) is 12.2 Å². The summed E-state index contributed by atoms with van der Waals surface area (Å²) >= 11 is 4.99. The van der Waals surface area contributed by atoms with Crippen molar-refractivity contribution in [2.75, 3.05) is 11.9 Å². The van der Waals surface area contributed by atoms with E-state index >= 15 is 0 Å². The van der Waals surface area contributed by atoms with Gasteiger partial charge >= 0.3 is 0 Å². The maximum Gasteiger partial charge on any atom is 0.206 e. The average Bonchev–Trinajstić information content (AvgIpc) is 2.91. The molecule has 1 aromatic carbocycles. The Balaban J connectivity index is 1.84. The van der Waals surface area contributed by atoms with Crippen LogP contribution >= 0.6 is 12.2 Å². The predicted octanol–water partition coefficient (Wildman–Crippen LogP) is 2.36. The van der Waals surface area contributed by atoms with Crippen LogP contribution in [0, 0.1) is 17.5 Å². The van der Waals surface area contributed by atoms with Crippen LogP contribution in [0.3, 0.4) is 0 Å². The lowest BCUT2D eigenvalue weighted by molar-refractivity contribution is 0.441. The summed E-state index contributed by atoms with van der Waals surface area (Å²) in [5, 5.41) is 5.87. The molecule has 0 aliphatic heterocycles. The van der Waals surface area contributed by atoms with E-state index in [0.717, 1.165) is 6.07 Å². The van der Waals surface area contributed by atoms with E-state index in [-0.39, 0.29) is 18.5 Å². The van der Waals surface area contributed by atoms with E-state index in [9.17, 15) is 13.2 Å². The molecule has 0 atom stereocenters. The summed E-state index contributed by atoms with van der Waals surface area (Å²) in [6.07, 6.45) is 3.35. The van der Waals surface area contributed by atoms with Crippen LogP contribution in [0.4, 0.5) is 19.1 Å². The van der Waals surface area contributed by atoms with Gasteiger partial charge in [0.25, 0.3) is 0 Å². The molecule has 3 N–H and O–H groups in total. The van der Waals surface area contributed by atoms with Gasteiger partial charge in [-0.25, -0.2) is 18.2 Å².